The summed E-state index contributed by atoms with van der Waals surface area (Å²) in [6.45, 7) is 7.26. The largest absolute Gasteiger partial charge is 0.336 e. The summed E-state index contributed by atoms with van der Waals surface area (Å²) in [5.74, 6) is 0.660. The average Bonchev–Trinajstić information content (AvgIpc) is 2.40. The fourth-order valence-corrected chi connectivity index (χ4v) is 3.02. The maximum Gasteiger partial charge on any atom is 0.254 e. The van der Waals surface area contributed by atoms with Gasteiger partial charge in [-0.25, -0.2) is 4.98 Å². The van der Waals surface area contributed by atoms with Crippen LogP contribution in [0.1, 0.15) is 56.1 Å². The zero-order chi connectivity index (χ0) is 14.7. The first-order valence-electron chi connectivity index (χ1n) is 7.48. The van der Waals surface area contributed by atoms with Gasteiger partial charge < -0.3 is 4.90 Å². The van der Waals surface area contributed by atoms with Crippen LogP contribution in [-0.4, -0.2) is 28.4 Å². The maximum absolute atomic E-state index is 12.7. The average molecular weight is 295 g/mol. The number of pyridine rings is 1. The number of hydrogen-bond acceptors (Lipinski definition) is 2. The van der Waals surface area contributed by atoms with Crippen LogP contribution in [0.3, 0.4) is 0 Å². The van der Waals surface area contributed by atoms with Crippen LogP contribution in [0.2, 0.25) is 5.15 Å². The number of halogens is 1. The Kier molecular flexibility index (Phi) is 5.03. The number of nitrogens with zero attached hydrogens (tertiary/aromatic N) is 2. The summed E-state index contributed by atoms with van der Waals surface area (Å²) < 4.78 is 0. The molecule has 1 aliphatic rings. The molecule has 2 heterocycles. The molecule has 0 bridgehead atoms. The maximum atomic E-state index is 12.7. The van der Waals surface area contributed by atoms with Gasteiger partial charge in [0.15, 0.2) is 0 Å². The summed E-state index contributed by atoms with van der Waals surface area (Å²) in [5, 5.41) is 0.414. The van der Waals surface area contributed by atoms with E-state index in [-0.39, 0.29) is 5.91 Å². The molecule has 1 fully saturated rings. The predicted molar refractivity (Wildman–Crippen MR) is 82.1 cm³/mol. The van der Waals surface area contributed by atoms with Crippen LogP contribution in [0.15, 0.2) is 12.1 Å². The number of carbonyl (C=O) groups is 1. The van der Waals surface area contributed by atoms with Gasteiger partial charge in [0, 0.05) is 23.8 Å². The summed E-state index contributed by atoms with van der Waals surface area (Å²) in [6, 6.07) is 3.89. The second kappa shape index (κ2) is 6.57. The highest BCUT2D eigenvalue weighted by Gasteiger charge is 2.28. The Morgan fingerprint density at radius 1 is 1.40 bits per heavy atom. The van der Waals surface area contributed by atoms with Crippen LogP contribution in [0, 0.1) is 5.92 Å². The van der Waals surface area contributed by atoms with Gasteiger partial charge in [0.1, 0.15) is 5.15 Å². The van der Waals surface area contributed by atoms with Gasteiger partial charge in [-0.2, -0.15) is 0 Å². The second-order valence-corrected chi connectivity index (χ2v) is 6.30. The minimum atomic E-state index is 0.0886. The molecule has 20 heavy (non-hydrogen) atoms. The van der Waals surface area contributed by atoms with E-state index in [1.165, 1.54) is 6.42 Å². The molecule has 1 amide bonds. The van der Waals surface area contributed by atoms with E-state index in [1.807, 2.05) is 11.0 Å². The van der Waals surface area contributed by atoms with Gasteiger partial charge in [-0.15, -0.1) is 0 Å². The molecular formula is C16H23ClN2O. The Balaban J connectivity index is 2.23. The van der Waals surface area contributed by atoms with Crippen molar-refractivity contribution >= 4 is 17.5 Å². The zero-order valence-electron chi connectivity index (χ0n) is 12.5. The number of aromatic nitrogens is 1. The molecule has 2 atom stereocenters. The Hall–Kier alpha value is -1.09. The first-order valence-corrected chi connectivity index (χ1v) is 7.86. The number of aryl methyl sites for hydroxylation is 1. The van der Waals surface area contributed by atoms with Gasteiger partial charge in [-0.1, -0.05) is 31.9 Å². The molecule has 0 aromatic carbocycles. The number of likely N-dealkylation sites (tertiary alicyclic amines) is 1. The van der Waals surface area contributed by atoms with E-state index in [9.17, 15) is 4.79 Å². The molecule has 0 N–H and O–H groups in total. The fourth-order valence-electron chi connectivity index (χ4n) is 2.80. The molecule has 0 radical (unpaired) electrons. The van der Waals surface area contributed by atoms with E-state index < -0.39 is 0 Å². The van der Waals surface area contributed by atoms with Crippen LogP contribution in [-0.2, 0) is 6.42 Å². The molecule has 1 saturated heterocycles. The Labute approximate surface area is 126 Å². The highest BCUT2D eigenvalue weighted by Crippen LogP contribution is 2.24. The first-order chi connectivity index (χ1) is 9.51. The third kappa shape index (κ3) is 3.51. The molecule has 2 unspecified atom stereocenters. The van der Waals surface area contributed by atoms with Crippen molar-refractivity contribution in [3.8, 4) is 0 Å². The SMILES string of the molecule is CCCc1cc(C(=O)N2CC(C)CCC2C)cc(Cl)n1. The number of carbonyl (C=O) groups excluding carboxylic acids is 1. The summed E-state index contributed by atoms with van der Waals surface area (Å²) >= 11 is 6.05. The minimum Gasteiger partial charge on any atom is -0.336 e. The lowest BCUT2D eigenvalue weighted by Crippen LogP contribution is -2.45. The van der Waals surface area contributed by atoms with E-state index in [2.05, 4.69) is 25.8 Å². The molecule has 4 heteroatoms. The molecule has 1 aromatic heterocycles. The topological polar surface area (TPSA) is 33.2 Å². The highest BCUT2D eigenvalue weighted by molar-refractivity contribution is 6.29. The van der Waals surface area contributed by atoms with E-state index >= 15 is 0 Å². The van der Waals surface area contributed by atoms with E-state index in [0.717, 1.165) is 31.5 Å². The van der Waals surface area contributed by atoms with E-state index in [1.54, 1.807) is 6.07 Å². The Morgan fingerprint density at radius 2 is 2.15 bits per heavy atom. The molecule has 0 spiro atoms. The number of hydrogen-bond donors (Lipinski definition) is 0. The van der Waals surface area contributed by atoms with Gasteiger partial charge >= 0.3 is 0 Å². The van der Waals surface area contributed by atoms with Gasteiger partial charge in [0.25, 0.3) is 5.91 Å². The quantitative estimate of drug-likeness (QED) is 0.791. The smallest absolute Gasteiger partial charge is 0.254 e. The fraction of sp³-hybridized carbons (Fsp3) is 0.625. The lowest BCUT2D eigenvalue weighted by molar-refractivity contribution is 0.0574. The molecular weight excluding hydrogens is 272 g/mol. The first kappa shape index (κ1) is 15.3. The monoisotopic (exact) mass is 294 g/mol. The molecule has 3 nitrogen and oxygen atoms in total. The summed E-state index contributed by atoms with van der Waals surface area (Å²) in [4.78, 5) is 19.0. The van der Waals surface area contributed by atoms with Crippen molar-refractivity contribution in [3.05, 3.63) is 28.5 Å². The second-order valence-electron chi connectivity index (χ2n) is 5.91. The molecule has 0 aliphatic carbocycles. The van der Waals surface area contributed by atoms with Crippen LogP contribution < -0.4 is 0 Å². The van der Waals surface area contributed by atoms with Crippen molar-refractivity contribution in [2.75, 3.05) is 6.54 Å². The van der Waals surface area contributed by atoms with E-state index in [0.29, 0.717) is 22.7 Å². The van der Waals surface area contributed by atoms with Crippen molar-refractivity contribution in [1.82, 2.24) is 9.88 Å². The Morgan fingerprint density at radius 3 is 2.85 bits per heavy atom. The summed E-state index contributed by atoms with van der Waals surface area (Å²) in [5.41, 5.74) is 1.58. The van der Waals surface area contributed by atoms with Crippen molar-refractivity contribution in [2.24, 2.45) is 5.92 Å². The normalized spacial score (nSPS) is 22.9. The van der Waals surface area contributed by atoms with Crippen LogP contribution in [0.5, 0.6) is 0 Å². The molecule has 0 saturated carbocycles. The predicted octanol–water partition coefficient (Wildman–Crippen LogP) is 3.95. The molecule has 110 valence electrons. The third-order valence-corrected chi connectivity index (χ3v) is 4.17. The van der Waals surface area contributed by atoms with Crippen LogP contribution in [0.4, 0.5) is 0 Å². The molecule has 1 aliphatic heterocycles. The van der Waals surface area contributed by atoms with Gasteiger partial charge in [0.2, 0.25) is 0 Å². The van der Waals surface area contributed by atoms with E-state index in [4.69, 9.17) is 11.6 Å². The number of rotatable bonds is 3. The van der Waals surface area contributed by atoms with Crippen LogP contribution in [0.25, 0.3) is 0 Å². The van der Waals surface area contributed by atoms with Crippen molar-refractivity contribution in [1.29, 1.82) is 0 Å². The Bertz CT molecular complexity index is 489. The van der Waals surface area contributed by atoms with Gasteiger partial charge in [-0.3, -0.25) is 4.79 Å². The number of piperidine rings is 1. The van der Waals surface area contributed by atoms with Crippen LogP contribution >= 0.6 is 11.6 Å². The molecule has 2 rings (SSSR count). The lowest BCUT2D eigenvalue weighted by Gasteiger charge is -2.37. The van der Waals surface area contributed by atoms with Crippen molar-refractivity contribution in [3.63, 3.8) is 0 Å². The lowest BCUT2D eigenvalue weighted by atomic mass is 9.94. The standard InChI is InChI=1S/C16H23ClN2O/c1-4-5-14-8-13(9-15(17)18-14)16(20)19-10-11(2)6-7-12(19)3/h8-9,11-12H,4-7,10H2,1-3H3. The third-order valence-electron chi connectivity index (χ3n) is 3.98. The van der Waals surface area contributed by atoms with Gasteiger partial charge in [0.05, 0.1) is 0 Å². The summed E-state index contributed by atoms with van der Waals surface area (Å²) in [6.07, 6.45) is 4.13. The van der Waals surface area contributed by atoms with Gasteiger partial charge in [-0.05, 0) is 44.2 Å². The van der Waals surface area contributed by atoms with Crippen molar-refractivity contribution in [2.45, 2.75) is 52.5 Å². The highest BCUT2D eigenvalue weighted by atomic mass is 35.5. The number of amides is 1. The zero-order valence-corrected chi connectivity index (χ0v) is 13.3. The molecule has 1 aromatic rings. The van der Waals surface area contributed by atoms with Crippen molar-refractivity contribution < 1.29 is 4.79 Å². The summed E-state index contributed by atoms with van der Waals surface area (Å²) in [7, 11) is 0. The minimum absolute atomic E-state index is 0.0886.